The highest BCUT2D eigenvalue weighted by molar-refractivity contribution is 7.92. The number of carbonyl (C=O) groups excluding carboxylic acids is 1. The molecule has 0 spiro atoms. The number of hydrogen-bond acceptors (Lipinski definition) is 5. The van der Waals surface area contributed by atoms with Crippen molar-refractivity contribution in [1.29, 1.82) is 0 Å². The molecular weight excluding hydrogens is 392 g/mol. The first-order valence-electron chi connectivity index (χ1n) is 9.08. The summed E-state index contributed by atoms with van der Waals surface area (Å²) in [7, 11) is -2.17. The summed E-state index contributed by atoms with van der Waals surface area (Å²) >= 11 is 0. The molecule has 1 amide bonds. The van der Waals surface area contributed by atoms with Crippen LogP contribution in [-0.4, -0.2) is 40.3 Å². The molecule has 8 heteroatoms. The third kappa shape index (κ3) is 5.99. The Hall–Kier alpha value is -3.00. The van der Waals surface area contributed by atoms with Gasteiger partial charge in [-0.3, -0.25) is 9.10 Å². The van der Waals surface area contributed by atoms with Crippen molar-refractivity contribution in [2.24, 2.45) is 0 Å². The van der Waals surface area contributed by atoms with E-state index in [0.717, 1.165) is 10.6 Å². The van der Waals surface area contributed by atoms with E-state index in [1.807, 2.05) is 0 Å². The van der Waals surface area contributed by atoms with Gasteiger partial charge in [0.05, 0.1) is 19.1 Å². The van der Waals surface area contributed by atoms with Crippen LogP contribution in [0.1, 0.15) is 13.3 Å². The molecule has 0 saturated heterocycles. The van der Waals surface area contributed by atoms with Crippen LogP contribution in [0.5, 0.6) is 11.5 Å². The number of hydrogen-bond donors (Lipinski definition) is 1. The fourth-order valence-electron chi connectivity index (χ4n) is 2.80. The summed E-state index contributed by atoms with van der Waals surface area (Å²) in [6.07, 6.45) is 3.02. The smallest absolute Gasteiger partial charge is 0.248 e. The molecular formula is C21H26N2O5S. The average Bonchev–Trinajstić information content (AvgIpc) is 2.70. The van der Waals surface area contributed by atoms with E-state index in [2.05, 4.69) is 11.9 Å². The molecule has 2 aromatic carbocycles. The Kier molecular flexibility index (Phi) is 7.67. The van der Waals surface area contributed by atoms with E-state index in [9.17, 15) is 13.2 Å². The first-order chi connectivity index (χ1) is 13.8. The van der Waals surface area contributed by atoms with Gasteiger partial charge in [-0.1, -0.05) is 19.6 Å². The van der Waals surface area contributed by atoms with E-state index in [-0.39, 0.29) is 0 Å². The third-order valence-electron chi connectivity index (χ3n) is 4.15. The van der Waals surface area contributed by atoms with E-state index in [1.54, 1.807) is 61.5 Å². The van der Waals surface area contributed by atoms with Gasteiger partial charge >= 0.3 is 0 Å². The summed E-state index contributed by atoms with van der Waals surface area (Å²) in [5, 5.41) is 2.78. The largest absolute Gasteiger partial charge is 0.497 e. The predicted molar refractivity (Wildman–Crippen MR) is 115 cm³/mol. The molecule has 0 aliphatic carbocycles. The van der Waals surface area contributed by atoms with Gasteiger partial charge in [-0.15, -0.1) is 0 Å². The van der Waals surface area contributed by atoms with Gasteiger partial charge in [0.15, 0.2) is 0 Å². The SMILES string of the molecule is C=CCOc1ccc(NC(=O)[C@H](CC)N(c2ccc(OC)cc2)S(C)(=O)=O)cc1. The van der Waals surface area contributed by atoms with Crippen LogP contribution in [-0.2, 0) is 14.8 Å². The predicted octanol–water partition coefficient (Wildman–Crippen LogP) is 3.44. The molecule has 0 saturated carbocycles. The maximum absolute atomic E-state index is 12.9. The number of ether oxygens (including phenoxy) is 2. The van der Waals surface area contributed by atoms with E-state index in [0.29, 0.717) is 35.9 Å². The van der Waals surface area contributed by atoms with Crippen LogP contribution in [0.4, 0.5) is 11.4 Å². The number of carbonyl (C=O) groups is 1. The van der Waals surface area contributed by atoms with Crippen molar-refractivity contribution in [1.82, 2.24) is 0 Å². The molecule has 2 rings (SSSR count). The molecule has 0 aliphatic heterocycles. The lowest BCUT2D eigenvalue weighted by molar-refractivity contribution is -0.117. The van der Waals surface area contributed by atoms with E-state index in [4.69, 9.17) is 9.47 Å². The van der Waals surface area contributed by atoms with Crippen molar-refractivity contribution in [3.05, 3.63) is 61.2 Å². The number of rotatable bonds is 10. The summed E-state index contributed by atoms with van der Waals surface area (Å²) in [5.74, 6) is 0.818. The van der Waals surface area contributed by atoms with Gasteiger partial charge in [-0.05, 0) is 55.0 Å². The molecule has 0 bridgehead atoms. The number of amides is 1. The lowest BCUT2D eigenvalue weighted by Crippen LogP contribution is -2.46. The fourth-order valence-corrected chi connectivity index (χ4v) is 4.02. The molecule has 0 unspecified atom stereocenters. The molecule has 2 aromatic rings. The van der Waals surface area contributed by atoms with Crippen LogP contribution in [0.25, 0.3) is 0 Å². The summed E-state index contributed by atoms with van der Waals surface area (Å²) in [4.78, 5) is 12.9. The Bertz CT molecular complexity index is 925. The molecule has 0 radical (unpaired) electrons. The monoisotopic (exact) mass is 418 g/mol. The normalized spacial score (nSPS) is 12.0. The van der Waals surface area contributed by atoms with Crippen LogP contribution in [0.15, 0.2) is 61.2 Å². The van der Waals surface area contributed by atoms with Crippen molar-refractivity contribution in [3.63, 3.8) is 0 Å². The zero-order valence-corrected chi connectivity index (χ0v) is 17.6. The highest BCUT2D eigenvalue weighted by Gasteiger charge is 2.31. The van der Waals surface area contributed by atoms with Crippen molar-refractivity contribution < 1.29 is 22.7 Å². The standard InChI is InChI=1S/C21H26N2O5S/c1-5-15-28-19-11-7-16(8-12-19)22-21(24)20(6-2)23(29(4,25)26)17-9-13-18(27-3)14-10-17/h5,7-14,20H,1,6,15H2,2-4H3,(H,22,24)/t20-/m0/s1. The number of anilines is 2. The average molecular weight is 419 g/mol. The Morgan fingerprint density at radius 3 is 2.21 bits per heavy atom. The molecule has 29 heavy (non-hydrogen) atoms. The van der Waals surface area contributed by atoms with E-state index < -0.39 is 22.0 Å². The third-order valence-corrected chi connectivity index (χ3v) is 5.33. The quantitative estimate of drug-likeness (QED) is 0.598. The molecule has 0 aliphatic rings. The topological polar surface area (TPSA) is 84.9 Å². The zero-order chi connectivity index (χ0) is 21.4. The second-order valence-corrected chi connectivity index (χ2v) is 8.15. The minimum Gasteiger partial charge on any atom is -0.497 e. The number of nitrogens with one attached hydrogen (secondary N) is 1. The first-order valence-corrected chi connectivity index (χ1v) is 10.9. The lowest BCUT2D eigenvalue weighted by atomic mass is 10.1. The summed E-state index contributed by atoms with van der Waals surface area (Å²) in [6.45, 7) is 5.74. The molecule has 0 heterocycles. The number of methoxy groups -OCH3 is 1. The fraction of sp³-hybridized carbons (Fsp3) is 0.286. The van der Waals surface area contributed by atoms with E-state index >= 15 is 0 Å². The van der Waals surface area contributed by atoms with Gasteiger partial charge in [0.25, 0.3) is 0 Å². The Labute approximate surface area is 172 Å². The van der Waals surface area contributed by atoms with Crippen molar-refractivity contribution >= 4 is 27.3 Å². The molecule has 0 aromatic heterocycles. The van der Waals surface area contributed by atoms with E-state index in [1.165, 1.54) is 7.11 Å². The summed E-state index contributed by atoms with van der Waals surface area (Å²) in [6, 6.07) is 12.5. The second-order valence-electron chi connectivity index (χ2n) is 6.29. The van der Waals surface area contributed by atoms with Crippen LogP contribution >= 0.6 is 0 Å². The molecule has 156 valence electrons. The van der Waals surface area contributed by atoms with Gasteiger partial charge in [-0.25, -0.2) is 8.42 Å². The molecule has 1 N–H and O–H groups in total. The van der Waals surface area contributed by atoms with Gasteiger partial charge in [0.1, 0.15) is 24.1 Å². The Balaban J connectivity index is 2.24. The van der Waals surface area contributed by atoms with Crippen LogP contribution in [0, 0.1) is 0 Å². The molecule has 1 atom stereocenters. The number of benzene rings is 2. The Morgan fingerprint density at radius 2 is 1.72 bits per heavy atom. The maximum Gasteiger partial charge on any atom is 0.248 e. The zero-order valence-electron chi connectivity index (χ0n) is 16.8. The van der Waals surface area contributed by atoms with Crippen molar-refractivity contribution in [2.45, 2.75) is 19.4 Å². The number of nitrogens with zero attached hydrogens (tertiary/aromatic N) is 1. The van der Waals surface area contributed by atoms with Gasteiger partial charge in [0.2, 0.25) is 15.9 Å². The highest BCUT2D eigenvalue weighted by atomic mass is 32.2. The van der Waals surface area contributed by atoms with Gasteiger partial charge in [0, 0.05) is 5.69 Å². The van der Waals surface area contributed by atoms with Crippen LogP contribution in [0.2, 0.25) is 0 Å². The van der Waals surface area contributed by atoms with Crippen LogP contribution < -0.4 is 19.1 Å². The lowest BCUT2D eigenvalue weighted by Gasteiger charge is -2.30. The van der Waals surface area contributed by atoms with Gasteiger partial charge in [-0.2, -0.15) is 0 Å². The second kappa shape index (κ2) is 9.97. The van der Waals surface area contributed by atoms with Crippen LogP contribution in [0.3, 0.4) is 0 Å². The summed E-state index contributed by atoms with van der Waals surface area (Å²) < 4.78 is 36.6. The summed E-state index contributed by atoms with van der Waals surface area (Å²) in [5.41, 5.74) is 0.936. The van der Waals surface area contributed by atoms with Crippen molar-refractivity contribution in [3.8, 4) is 11.5 Å². The molecule has 7 nitrogen and oxygen atoms in total. The maximum atomic E-state index is 12.9. The Morgan fingerprint density at radius 1 is 1.14 bits per heavy atom. The first kappa shape index (κ1) is 22.3. The van der Waals surface area contributed by atoms with Crippen molar-refractivity contribution in [2.75, 3.05) is 29.6 Å². The minimum absolute atomic E-state index is 0.297. The number of sulfonamides is 1. The minimum atomic E-state index is -3.70. The highest BCUT2D eigenvalue weighted by Crippen LogP contribution is 2.26. The van der Waals surface area contributed by atoms with Gasteiger partial charge < -0.3 is 14.8 Å². The molecule has 0 fully saturated rings.